The van der Waals surface area contributed by atoms with E-state index in [1.807, 2.05) is 31.2 Å². The van der Waals surface area contributed by atoms with Crippen LogP contribution in [0, 0.1) is 0 Å². The van der Waals surface area contributed by atoms with Gasteiger partial charge in [0.25, 0.3) is 0 Å². The van der Waals surface area contributed by atoms with Crippen molar-refractivity contribution in [2.75, 3.05) is 19.8 Å². The van der Waals surface area contributed by atoms with Gasteiger partial charge in [0.2, 0.25) is 0 Å². The highest BCUT2D eigenvalue weighted by Gasteiger charge is 1.94. The number of ether oxygens (including phenoxy) is 1. The number of hydrogen-bond donors (Lipinski definition) is 2. The maximum absolute atomic E-state index is 5.75. The first-order chi connectivity index (χ1) is 8.72. The quantitative estimate of drug-likeness (QED) is 0.296. The number of rotatable bonds is 7. The van der Waals surface area contributed by atoms with Gasteiger partial charge >= 0.3 is 0 Å². The molecule has 0 heterocycles. The Morgan fingerprint density at radius 1 is 1.37 bits per heavy atom. The highest BCUT2D eigenvalue weighted by atomic mass is 127. The fraction of sp³-hybridized carbons (Fsp3) is 0.462. The van der Waals surface area contributed by atoms with E-state index < -0.39 is 0 Å². The molecule has 0 saturated carbocycles. The van der Waals surface area contributed by atoms with Crippen LogP contribution in [-0.4, -0.2) is 25.7 Å². The molecule has 0 fully saturated rings. The van der Waals surface area contributed by atoms with Gasteiger partial charge in [-0.25, -0.2) is 4.99 Å². The summed E-state index contributed by atoms with van der Waals surface area (Å²) in [6, 6.07) is 8.04. The molecule has 4 nitrogen and oxygen atoms in total. The summed E-state index contributed by atoms with van der Waals surface area (Å²) in [5.74, 6) is 0.481. The molecule has 3 N–H and O–H groups in total. The van der Waals surface area contributed by atoms with E-state index in [2.05, 4.69) is 26.2 Å². The Morgan fingerprint density at radius 3 is 2.68 bits per heavy atom. The number of benzene rings is 1. The van der Waals surface area contributed by atoms with Crippen LogP contribution in [0.2, 0.25) is 0 Å². The fourth-order valence-corrected chi connectivity index (χ4v) is 1.62. The molecule has 0 aliphatic heterocycles. The second-order valence-electron chi connectivity index (χ2n) is 3.81. The number of hydrogen-bond acceptors (Lipinski definition) is 2. The van der Waals surface area contributed by atoms with Crippen LogP contribution < -0.4 is 11.1 Å². The van der Waals surface area contributed by atoms with E-state index in [4.69, 9.17) is 10.5 Å². The SMILES string of the molecule is CCOCCCNC(N)=NCc1ccc(Br)cc1.I. The summed E-state index contributed by atoms with van der Waals surface area (Å²) in [7, 11) is 0. The van der Waals surface area contributed by atoms with Crippen LogP contribution in [0.3, 0.4) is 0 Å². The molecule has 0 aliphatic carbocycles. The van der Waals surface area contributed by atoms with Crippen molar-refractivity contribution < 1.29 is 4.74 Å². The lowest BCUT2D eigenvalue weighted by Gasteiger charge is -2.05. The largest absolute Gasteiger partial charge is 0.382 e. The topological polar surface area (TPSA) is 59.6 Å². The summed E-state index contributed by atoms with van der Waals surface area (Å²) in [5.41, 5.74) is 6.89. The van der Waals surface area contributed by atoms with Gasteiger partial charge in [-0.1, -0.05) is 28.1 Å². The first-order valence-electron chi connectivity index (χ1n) is 6.08. The third kappa shape index (κ3) is 9.23. The van der Waals surface area contributed by atoms with Gasteiger partial charge in [-0.05, 0) is 31.0 Å². The van der Waals surface area contributed by atoms with Crippen molar-refractivity contribution in [1.29, 1.82) is 0 Å². The highest BCUT2D eigenvalue weighted by Crippen LogP contribution is 2.10. The normalized spacial score (nSPS) is 10.9. The molecule has 0 aliphatic rings. The van der Waals surface area contributed by atoms with Crippen LogP contribution in [0.1, 0.15) is 18.9 Å². The first kappa shape index (κ1) is 18.7. The van der Waals surface area contributed by atoms with E-state index >= 15 is 0 Å². The molecule has 1 rings (SSSR count). The Balaban J connectivity index is 0.00000324. The predicted octanol–water partition coefficient (Wildman–Crippen LogP) is 2.90. The van der Waals surface area contributed by atoms with Crippen molar-refractivity contribution in [2.24, 2.45) is 10.7 Å². The summed E-state index contributed by atoms with van der Waals surface area (Å²) in [6.07, 6.45) is 0.933. The van der Waals surface area contributed by atoms with Gasteiger partial charge < -0.3 is 15.8 Å². The molecule has 0 bridgehead atoms. The van der Waals surface area contributed by atoms with Crippen LogP contribution in [0.5, 0.6) is 0 Å². The van der Waals surface area contributed by atoms with Crippen molar-refractivity contribution in [3.8, 4) is 0 Å². The zero-order chi connectivity index (χ0) is 13.2. The third-order valence-electron chi connectivity index (χ3n) is 2.32. The van der Waals surface area contributed by atoms with Gasteiger partial charge in [-0.3, -0.25) is 0 Å². The molecule has 0 unspecified atom stereocenters. The van der Waals surface area contributed by atoms with Gasteiger partial charge in [0.15, 0.2) is 5.96 Å². The van der Waals surface area contributed by atoms with Crippen molar-refractivity contribution in [3.63, 3.8) is 0 Å². The lowest BCUT2D eigenvalue weighted by molar-refractivity contribution is 0.145. The monoisotopic (exact) mass is 441 g/mol. The van der Waals surface area contributed by atoms with E-state index in [1.54, 1.807) is 0 Å². The molecule has 0 saturated heterocycles. The molecular weight excluding hydrogens is 421 g/mol. The Hall–Kier alpha value is -0.340. The Kier molecular flexibility index (Phi) is 11.3. The fourth-order valence-electron chi connectivity index (χ4n) is 1.36. The molecule has 1 aromatic carbocycles. The Bertz CT molecular complexity index is 371. The van der Waals surface area contributed by atoms with Crippen LogP contribution in [0.4, 0.5) is 0 Å². The van der Waals surface area contributed by atoms with E-state index in [0.29, 0.717) is 12.5 Å². The number of aliphatic imine (C=N–C) groups is 1. The van der Waals surface area contributed by atoms with E-state index in [0.717, 1.165) is 36.2 Å². The number of nitrogens with zero attached hydrogens (tertiary/aromatic N) is 1. The van der Waals surface area contributed by atoms with Gasteiger partial charge in [0, 0.05) is 24.2 Å². The van der Waals surface area contributed by atoms with Gasteiger partial charge in [0.05, 0.1) is 6.54 Å². The third-order valence-corrected chi connectivity index (χ3v) is 2.85. The minimum atomic E-state index is 0. The van der Waals surface area contributed by atoms with Crippen LogP contribution in [-0.2, 0) is 11.3 Å². The minimum Gasteiger partial charge on any atom is -0.382 e. The molecule has 1 aromatic rings. The number of halogens is 2. The summed E-state index contributed by atoms with van der Waals surface area (Å²) < 4.78 is 6.30. The minimum absolute atomic E-state index is 0. The Labute approximate surface area is 140 Å². The maximum Gasteiger partial charge on any atom is 0.188 e. The lowest BCUT2D eigenvalue weighted by atomic mass is 10.2. The molecule has 108 valence electrons. The summed E-state index contributed by atoms with van der Waals surface area (Å²) in [4.78, 5) is 4.27. The van der Waals surface area contributed by atoms with Crippen LogP contribution in [0.15, 0.2) is 33.7 Å². The molecule has 0 aromatic heterocycles. The summed E-state index contributed by atoms with van der Waals surface area (Å²) >= 11 is 3.40. The molecule has 0 radical (unpaired) electrons. The average molecular weight is 442 g/mol. The standard InChI is InChI=1S/C13H20BrN3O.HI/c1-2-18-9-3-8-16-13(15)17-10-11-4-6-12(14)7-5-11;/h4-7H,2-3,8-10H2,1H3,(H3,15,16,17);1H. The van der Waals surface area contributed by atoms with E-state index in [-0.39, 0.29) is 24.0 Å². The first-order valence-corrected chi connectivity index (χ1v) is 6.87. The highest BCUT2D eigenvalue weighted by molar-refractivity contribution is 14.0. The molecule has 6 heteroatoms. The van der Waals surface area contributed by atoms with Crippen molar-refractivity contribution in [1.82, 2.24) is 5.32 Å². The van der Waals surface area contributed by atoms with Crippen molar-refractivity contribution in [3.05, 3.63) is 34.3 Å². The number of nitrogens with one attached hydrogen (secondary N) is 1. The van der Waals surface area contributed by atoms with Crippen LogP contribution >= 0.6 is 39.9 Å². The molecule has 19 heavy (non-hydrogen) atoms. The smallest absolute Gasteiger partial charge is 0.188 e. The molecule has 0 atom stereocenters. The summed E-state index contributed by atoms with van der Waals surface area (Å²) in [5, 5.41) is 3.06. The van der Waals surface area contributed by atoms with Crippen LogP contribution in [0.25, 0.3) is 0 Å². The zero-order valence-electron chi connectivity index (χ0n) is 11.1. The predicted molar refractivity (Wildman–Crippen MR) is 94.0 cm³/mol. The van der Waals surface area contributed by atoms with Crippen molar-refractivity contribution in [2.45, 2.75) is 19.9 Å². The zero-order valence-corrected chi connectivity index (χ0v) is 15.0. The Morgan fingerprint density at radius 2 is 2.05 bits per heavy atom. The van der Waals surface area contributed by atoms with E-state index in [1.165, 1.54) is 0 Å². The van der Waals surface area contributed by atoms with Gasteiger partial charge in [-0.2, -0.15) is 0 Å². The van der Waals surface area contributed by atoms with Gasteiger partial charge in [-0.15, -0.1) is 24.0 Å². The molecular formula is C13H21BrIN3O. The number of nitrogens with two attached hydrogens (primary N) is 1. The second-order valence-corrected chi connectivity index (χ2v) is 4.72. The maximum atomic E-state index is 5.75. The molecule has 0 spiro atoms. The van der Waals surface area contributed by atoms with E-state index in [9.17, 15) is 0 Å². The lowest BCUT2D eigenvalue weighted by Crippen LogP contribution is -2.32. The van der Waals surface area contributed by atoms with Gasteiger partial charge in [0.1, 0.15) is 0 Å². The molecule has 0 amide bonds. The number of guanidine groups is 1. The average Bonchev–Trinajstić information content (AvgIpc) is 2.38. The summed E-state index contributed by atoms with van der Waals surface area (Å²) in [6.45, 7) is 4.88. The van der Waals surface area contributed by atoms with Crippen molar-refractivity contribution >= 4 is 45.9 Å². The second kappa shape index (κ2) is 11.5.